The van der Waals surface area contributed by atoms with Gasteiger partial charge in [0.15, 0.2) is 0 Å². The lowest BCUT2D eigenvalue weighted by molar-refractivity contribution is -0.146. The average molecular weight is 245 g/mol. The molecule has 2 atom stereocenters. The maximum atomic E-state index is 11.8. The van der Waals surface area contributed by atoms with E-state index in [9.17, 15) is 4.79 Å². The third-order valence-electron chi connectivity index (χ3n) is 2.75. The van der Waals surface area contributed by atoms with Gasteiger partial charge in [-0.2, -0.15) is 0 Å². The molecular formula is C12H23NO2S. The van der Waals surface area contributed by atoms with Gasteiger partial charge in [-0.05, 0) is 31.4 Å². The van der Waals surface area contributed by atoms with Gasteiger partial charge in [0.2, 0.25) is 0 Å². The molecule has 0 aromatic carbocycles. The molecule has 94 valence electrons. The van der Waals surface area contributed by atoms with Gasteiger partial charge < -0.3 is 4.74 Å². The summed E-state index contributed by atoms with van der Waals surface area (Å²) in [5.74, 6) is 1.37. The number of carbonyl (C=O) groups excluding carboxylic acids is 1. The molecule has 0 amide bonds. The van der Waals surface area contributed by atoms with Crippen molar-refractivity contribution < 1.29 is 9.53 Å². The minimum Gasteiger partial charge on any atom is -0.465 e. The summed E-state index contributed by atoms with van der Waals surface area (Å²) in [6, 6.07) is -0.157. The van der Waals surface area contributed by atoms with Crippen LogP contribution in [-0.4, -0.2) is 29.7 Å². The van der Waals surface area contributed by atoms with E-state index >= 15 is 0 Å². The van der Waals surface area contributed by atoms with Crippen molar-refractivity contribution in [1.29, 1.82) is 0 Å². The van der Waals surface area contributed by atoms with E-state index in [1.165, 1.54) is 18.6 Å². The Kier molecular flexibility index (Phi) is 6.21. The van der Waals surface area contributed by atoms with E-state index in [0.717, 1.165) is 6.42 Å². The van der Waals surface area contributed by atoms with Crippen LogP contribution in [0.3, 0.4) is 0 Å². The van der Waals surface area contributed by atoms with E-state index < -0.39 is 0 Å². The molecule has 1 N–H and O–H groups in total. The number of esters is 1. The Balaban J connectivity index is 2.46. The first-order valence-corrected chi connectivity index (χ1v) is 7.24. The minimum absolute atomic E-state index is 0.108. The second-order valence-corrected chi connectivity index (χ2v) is 5.81. The monoisotopic (exact) mass is 245 g/mol. The molecule has 1 aliphatic heterocycles. The summed E-state index contributed by atoms with van der Waals surface area (Å²) in [7, 11) is 0. The Labute approximate surface area is 103 Å². The number of nitrogens with one attached hydrogen (secondary N) is 1. The fraction of sp³-hybridized carbons (Fsp3) is 0.917. The highest BCUT2D eigenvalue weighted by atomic mass is 32.2. The molecule has 1 saturated heterocycles. The lowest BCUT2D eigenvalue weighted by atomic mass is 10.0. The number of hydrogen-bond donors (Lipinski definition) is 1. The van der Waals surface area contributed by atoms with Crippen molar-refractivity contribution in [3.63, 3.8) is 0 Å². The Morgan fingerprint density at radius 2 is 2.25 bits per heavy atom. The highest BCUT2D eigenvalue weighted by molar-refractivity contribution is 7.99. The molecule has 0 radical (unpaired) electrons. The van der Waals surface area contributed by atoms with Crippen molar-refractivity contribution in [3.8, 4) is 0 Å². The summed E-state index contributed by atoms with van der Waals surface area (Å²) in [5.41, 5.74) is 0. The molecule has 0 spiro atoms. The van der Waals surface area contributed by atoms with Crippen molar-refractivity contribution in [2.24, 2.45) is 5.92 Å². The maximum Gasteiger partial charge on any atom is 0.323 e. The highest BCUT2D eigenvalue weighted by Gasteiger charge is 2.27. The molecule has 1 fully saturated rings. The van der Waals surface area contributed by atoms with Gasteiger partial charge in [-0.3, -0.25) is 10.1 Å². The molecule has 0 aromatic heterocycles. The van der Waals surface area contributed by atoms with Crippen LogP contribution >= 0.6 is 11.8 Å². The van der Waals surface area contributed by atoms with Crippen molar-refractivity contribution in [1.82, 2.24) is 5.32 Å². The van der Waals surface area contributed by atoms with Crippen LogP contribution in [0.2, 0.25) is 0 Å². The van der Waals surface area contributed by atoms with Crippen LogP contribution in [0, 0.1) is 5.92 Å². The first-order valence-electron chi connectivity index (χ1n) is 6.19. The van der Waals surface area contributed by atoms with Gasteiger partial charge in [-0.25, -0.2) is 0 Å². The van der Waals surface area contributed by atoms with Crippen molar-refractivity contribution in [3.05, 3.63) is 0 Å². The number of ether oxygens (including phenoxy) is 1. The number of carbonyl (C=O) groups is 1. The van der Waals surface area contributed by atoms with Crippen LogP contribution in [0.25, 0.3) is 0 Å². The van der Waals surface area contributed by atoms with Crippen molar-refractivity contribution >= 4 is 17.7 Å². The van der Waals surface area contributed by atoms with E-state index in [2.05, 4.69) is 19.2 Å². The van der Waals surface area contributed by atoms with Crippen LogP contribution in [0.15, 0.2) is 0 Å². The molecule has 3 nitrogen and oxygen atoms in total. The molecule has 0 aromatic rings. The lowest BCUT2D eigenvalue weighted by Gasteiger charge is -2.28. The predicted molar refractivity (Wildman–Crippen MR) is 68.5 cm³/mol. The van der Waals surface area contributed by atoms with E-state index in [4.69, 9.17) is 4.74 Å². The molecule has 0 aliphatic carbocycles. The lowest BCUT2D eigenvalue weighted by Crippen LogP contribution is -2.46. The molecule has 16 heavy (non-hydrogen) atoms. The summed E-state index contributed by atoms with van der Waals surface area (Å²) in [4.78, 5) is 11.8. The zero-order chi connectivity index (χ0) is 12.0. The van der Waals surface area contributed by atoms with Gasteiger partial charge in [0.05, 0.1) is 12.0 Å². The molecule has 0 bridgehead atoms. The van der Waals surface area contributed by atoms with Gasteiger partial charge in [0.1, 0.15) is 6.04 Å². The standard InChI is InChI=1S/C12H23NO2S/c1-4-15-12(14)11(9(2)3)13-10-7-5-6-8-16-10/h9-11,13H,4-8H2,1-3H3/t10-,11?/m0/s1. The Morgan fingerprint density at radius 1 is 1.50 bits per heavy atom. The molecular weight excluding hydrogens is 222 g/mol. The Bertz CT molecular complexity index is 215. The van der Waals surface area contributed by atoms with Gasteiger partial charge in [0, 0.05) is 0 Å². The molecule has 0 saturated carbocycles. The minimum atomic E-state index is -0.157. The SMILES string of the molecule is CCOC(=O)C(N[C@@H]1CCCCS1)C(C)C. The van der Waals surface area contributed by atoms with E-state index in [-0.39, 0.29) is 17.9 Å². The fourth-order valence-electron chi connectivity index (χ4n) is 1.84. The van der Waals surface area contributed by atoms with Crippen LogP contribution in [0.5, 0.6) is 0 Å². The van der Waals surface area contributed by atoms with E-state index in [1.807, 2.05) is 18.7 Å². The molecule has 1 heterocycles. The quantitative estimate of drug-likeness (QED) is 0.755. The number of thioether (sulfide) groups is 1. The van der Waals surface area contributed by atoms with Crippen LogP contribution in [0.1, 0.15) is 40.0 Å². The second kappa shape index (κ2) is 7.17. The van der Waals surface area contributed by atoms with Crippen molar-refractivity contribution in [2.45, 2.75) is 51.4 Å². The number of hydrogen-bond acceptors (Lipinski definition) is 4. The molecule has 1 unspecified atom stereocenters. The van der Waals surface area contributed by atoms with Crippen LogP contribution < -0.4 is 5.32 Å². The molecule has 4 heteroatoms. The third kappa shape index (κ3) is 4.34. The van der Waals surface area contributed by atoms with Gasteiger partial charge in [-0.15, -0.1) is 11.8 Å². The first kappa shape index (κ1) is 13.8. The topological polar surface area (TPSA) is 38.3 Å². The zero-order valence-electron chi connectivity index (χ0n) is 10.5. The van der Waals surface area contributed by atoms with Gasteiger partial charge >= 0.3 is 5.97 Å². The van der Waals surface area contributed by atoms with E-state index in [0.29, 0.717) is 12.0 Å². The smallest absolute Gasteiger partial charge is 0.323 e. The molecule has 1 aliphatic rings. The summed E-state index contributed by atoms with van der Waals surface area (Å²) in [6.45, 7) is 6.43. The maximum absolute atomic E-state index is 11.8. The largest absolute Gasteiger partial charge is 0.465 e. The summed E-state index contributed by atoms with van der Waals surface area (Å²) >= 11 is 1.93. The van der Waals surface area contributed by atoms with Crippen LogP contribution in [-0.2, 0) is 9.53 Å². The first-order chi connectivity index (χ1) is 7.65. The average Bonchev–Trinajstić information content (AvgIpc) is 2.27. The Hall–Kier alpha value is -0.220. The van der Waals surface area contributed by atoms with Crippen LogP contribution in [0.4, 0.5) is 0 Å². The highest BCUT2D eigenvalue weighted by Crippen LogP contribution is 2.24. The predicted octanol–water partition coefficient (Wildman–Crippen LogP) is 2.41. The summed E-state index contributed by atoms with van der Waals surface area (Å²) < 4.78 is 5.10. The van der Waals surface area contributed by atoms with Crippen molar-refractivity contribution in [2.75, 3.05) is 12.4 Å². The van der Waals surface area contributed by atoms with Gasteiger partial charge in [-0.1, -0.05) is 20.3 Å². The van der Waals surface area contributed by atoms with Gasteiger partial charge in [0.25, 0.3) is 0 Å². The molecule has 1 rings (SSSR count). The number of rotatable bonds is 5. The second-order valence-electron chi connectivity index (χ2n) is 4.50. The normalized spacial score (nSPS) is 23.1. The summed E-state index contributed by atoms with van der Waals surface area (Å²) in [5, 5.41) is 3.85. The zero-order valence-corrected chi connectivity index (χ0v) is 11.3. The third-order valence-corrected chi connectivity index (χ3v) is 4.05. The fourth-order valence-corrected chi connectivity index (χ4v) is 3.07. The Morgan fingerprint density at radius 3 is 2.75 bits per heavy atom. The summed E-state index contributed by atoms with van der Waals surface area (Å²) in [6.07, 6.45) is 3.72. The van der Waals surface area contributed by atoms with E-state index in [1.54, 1.807) is 0 Å².